The van der Waals surface area contributed by atoms with Crippen molar-refractivity contribution in [3.63, 3.8) is 0 Å². The maximum absolute atomic E-state index is 5.94. The Bertz CT molecular complexity index is 348. The molecule has 0 spiro atoms. The van der Waals surface area contributed by atoms with Crippen molar-refractivity contribution >= 4 is 16.9 Å². The lowest BCUT2D eigenvalue weighted by Crippen LogP contribution is -2.47. The quantitative estimate of drug-likeness (QED) is 0.853. The molecule has 4 nitrogen and oxygen atoms in total. The first-order valence-electron chi connectivity index (χ1n) is 7.52. The highest BCUT2D eigenvalue weighted by molar-refractivity contribution is 8.14. The van der Waals surface area contributed by atoms with Crippen LogP contribution in [0.4, 0.5) is 0 Å². The molecule has 0 aromatic heterocycles. The molecule has 3 saturated heterocycles. The number of nitrogens with one attached hydrogen (secondary N) is 1. The van der Waals surface area contributed by atoms with Gasteiger partial charge in [0, 0.05) is 24.4 Å². The van der Waals surface area contributed by atoms with E-state index in [1.807, 2.05) is 11.8 Å². The van der Waals surface area contributed by atoms with E-state index < -0.39 is 0 Å². The van der Waals surface area contributed by atoms with Crippen molar-refractivity contribution in [3.05, 3.63) is 0 Å². The van der Waals surface area contributed by atoms with Gasteiger partial charge in [0.15, 0.2) is 5.17 Å². The van der Waals surface area contributed by atoms with E-state index in [9.17, 15) is 0 Å². The highest BCUT2D eigenvalue weighted by atomic mass is 32.2. The third kappa shape index (κ3) is 3.26. The predicted molar refractivity (Wildman–Crippen MR) is 80.9 cm³/mol. The van der Waals surface area contributed by atoms with E-state index in [0.29, 0.717) is 24.1 Å². The molecule has 5 heteroatoms. The fourth-order valence-corrected chi connectivity index (χ4v) is 4.25. The zero-order chi connectivity index (χ0) is 13.2. The van der Waals surface area contributed by atoms with Crippen LogP contribution >= 0.6 is 11.8 Å². The van der Waals surface area contributed by atoms with E-state index in [4.69, 9.17) is 9.73 Å². The molecule has 2 unspecified atom stereocenters. The Morgan fingerprint density at radius 2 is 2.42 bits per heavy atom. The predicted octanol–water partition coefficient (Wildman–Crippen LogP) is 1.57. The summed E-state index contributed by atoms with van der Waals surface area (Å²) >= 11 is 1.86. The first-order valence-corrected chi connectivity index (χ1v) is 8.50. The number of aliphatic imine (C=N–C) groups is 1. The van der Waals surface area contributed by atoms with E-state index in [2.05, 4.69) is 24.1 Å². The van der Waals surface area contributed by atoms with E-state index in [1.165, 1.54) is 19.4 Å². The van der Waals surface area contributed by atoms with E-state index in [1.54, 1.807) is 0 Å². The molecule has 0 radical (unpaired) electrons. The van der Waals surface area contributed by atoms with Gasteiger partial charge in [-0.3, -0.25) is 9.89 Å². The Morgan fingerprint density at radius 3 is 3.21 bits per heavy atom. The highest BCUT2D eigenvalue weighted by Crippen LogP contribution is 2.23. The fourth-order valence-electron chi connectivity index (χ4n) is 3.04. The number of hydrogen-bond donors (Lipinski definition) is 1. The molecule has 3 aliphatic heterocycles. The second-order valence-corrected chi connectivity index (χ2v) is 7.21. The Hall–Kier alpha value is -0.260. The van der Waals surface area contributed by atoms with Crippen LogP contribution in [0.3, 0.4) is 0 Å². The number of morpholine rings is 1. The van der Waals surface area contributed by atoms with Gasteiger partial charge in [0.1, 0.15) is 0 Å². The minimum atomic E-state index is 0.294. The molecule has 3 atom stereocenters. The van der Waals surface area contributed by atoms with Gasteiger partial charge in [-0.1, -0.05) is 25.6 Å². The second kappa shape index (κ2) is 6.02. The molecule has 3 fully saturated rings. The van der Waals surface area contributed by atoms with Crippen LogP contribution in [-0.2, 0) is 4.74 Å². The Balaban J connectivity index is 1.47. The second-order valence-electron chi connectivity index (χ2n) is 6.20. The Morgan fingerprint density at radius 1 is 1.53 bits per heavy atom. The van der Waals surface area contributed by atoms with Crippen molar-refractivity contribution in [2.75, 3.05) is 32.0 Å². The number of nitrogens with zero attached hydrogens (tertiary/aromatic N) is 2. The smallest absolute Gasteiger partial charge is 0.156 e. The van der Waals surface area contributed by atoms with Crippen LogP contribution < -0.4 is 5.32 Å². The first-order chi connectivity index (χ1) is 9.22. The first kappa shape index (κ1) is 13.7. The van der Waals surface area contributed by atoms with Crippen LogP contribution in [0.25, 0.3) is 0 Å². The minimum absolute atomic E-state index is 0.294. The molecule has 3 heterocycles. The van der Waals surface area contributed by atoms with Gasteiger partial charge in [0.2, 0.25) is 0 Å². The lowest BCUT2D eigenvalue weighted by Gasteiger charge is -2.34. The normalized spacial score (nSPS) is 37.8. The third-order valence-corrected chi connectivity index (χ3v) is 5.46. The Labute approximate surface area is 120 Å². The summed E-state index contributed by atoms with van der Waals surface area (Å²) in [6.07, 6.45) is 2.94. The molecule has 19 heavy (non-hydrogen) atoms. The number of thioether (sulfide) groups is 1. The molecule has 0 saturated carbocycles. The van der Waals surface area contributed by atoms with Crippen molar-refractivity contribution in [2.45, 2.75) is 44.9 Å². The van der Waals surface area contributed by atoms with Gasteiger partial charge in [-0.15, -0.1) is 0 Å². The van der Waals surface area contributed by atoms with Crippen LogP contribution in [0.5, 0.6) is 0 Å². The van der Waals surface area contributed by atoms with E-state index >= 15 is 0 Å². The summed E-state index contributed by atoms with van der Waals surface area (Å²) in [4.78, 5) is 7.29. The van der Waals surface area contributed by atoms with Crippen LogP contribution in [0.15, 0.2) is 4.99 Å². The van der Waals surface area contributed by atoms with Gasteiger partial charge in [0.05, 0.1) is 19.3 Å². The average Bonchev–Trinajstić information content (AvgIpc) is 3.04. The molecule has 0 amide bonds. The summed E-state index contributed by atoms with van der Waals surface area (Å²) < 4.78 is 5.94. The van der Waals surface area contributed by atoms with Gasteiger partial charge >= 0.3 is 0 Å². The van der Waals surface area contributed by atoms with E-state index in [0.717, 1.165) is 30.6 Å². The van der Waals surface area contributed by atoms with Crippen LogP contribution in [0.1, 0.15) is 26.7 Å². The standard InChI is InChI=1S/C14H25N3OS/c1-10(2)13-9-19-14(16-13)15-6-12-7-17-5-3-4-11(17)8-18-12/h10-13H,3-9H2,1-2H3,(H,15,16)/t11?,12?,13-/m1/s1. The van der Waals surface area contributed by atoms with Gasteiger partial charge in [-0.25, -0.2) is 0 Å². The molecule has 3 rings (SSSR count). The number of fused-ring (bicyclic) bond motifs is 1. The maximum atomic E-state index is 5.94. The summed E-state index contributed by atoms with van der Waals surface area (Å²) in [5.41, 5.74) is 0. The van der Waals surface area contributed by atoms with Crippen LogP contribution in [-0.4, -0.2) is 60.2 Å². The zero-order valence-corrected chi connectivity index (χ0v) is 12.8. The summed E-state index contributed by atoms with van der Waals surface area (Å²) in [7, 11) is 0. The van der Waals surface area contributed by atoms with Crippen molar-refractivity contribution < 1.29 is 4.74 Å². The molecule has 0 aromatic rings. The minimum Gasteiger partial charge on any atom is -0.373 e. The largest absolute Gasteiger partial charge is 0.373 e. The number of amidine groups is 1. The molecule has 0 aromatic carbocycles. The van der Waals surface area contributed by atoms with Gasteiger partial charge in [0.25, 0.3) is 0 Å². The summed E-state index contributed by atoms with van der Waals surface area (Å²) in [5.74, 6) is 1.83. The Kier molecular flexibility index (Phi) is 4.34. The van der Waals surface area contributed by atoms with Gasteiger partial charge < -0.3 is 10.1 Å². The number of rotatable bonds is 3. The lowest BCUT2D eigenvalue weighted by molar-refractivity contribution is -0.0431. The third-order valence-electron chi connectivity index (χ3n) is 4.41. The monoisotopic (exact) mass is 283 g/mol. The highest BCUT2D eigenvalue weighted by Gasteiger charge is 2.32. The van der Waals surface area contributed by atoms with E-state index in [-0.39, 0.29) is 0 Å². The number of ether oxygens (including phenoxy) is 1. The van der Waals surface area contributed by atoms with Crippen molar-refractivity contribution in [3.8, 4) is 0 Å². The average molecular weight is 283 g/mol. The van der Waals surface area contributed by atoms with Crippen molar-refractivity contribution in [1.82, 2.24) is 10.2 Å². The molecule has 1 N–H and O–H groups in total. The number of hydrogen-bond acceptors (Lipinski definition) is 4. The van der Waals surface area contributed by atoms with Crippen LogP contribution in [0.2, 0.25) is 0 Å². The topological polar surface area (TPSA) is 36.9 Å². The van der Waals surface area contributed by atoms with Gasteiger partial charge in [-0.05, 0) is 25.3 Å². The summed E-state index contributed by atoms with van der Waals surface area (Å²) in [6, 6.07) is 1.27. The van der Waals surface area contributed by atoms with Crippen molar-refractivity contribution in [2.24, 2.45) is 10.9 Å². The molecule has 0 bridgehead atoms. The molecule has 0 aliphatic carbocycles. The molecular weight excluding hydrogens is 258 g/mol. The molecular formula is C14H25N3OS. The van der Waals surface area contributed by atoms with Gasteiger partial charge in [-0.2, -0.15) is 0 Å². The fraction of sp³-hybridized carbons (Fsp3) is 0.929. The molecule has 3 aliphatic rings. The zero-order valence-electron chi connectivity index (χ0n) is 12.0. The molecule has 108 valence electrons. The maximum Gasteiger partial charge on any atom is 0.156 e. The lowest BCUT2D eigenvalue weighted by atomic mass is 10.1. The van der Waals surface area contributed by atoms with Crippen molar-refractivity contribution in [1.29, 1.82) is 0 Å². The summed E-state index contributed by atoms with van der Waals surface area (Å²) in [6.45, 7) is 8.56. The van der Waals surface area contributed by atoms with Crippen LogP contribution in [0, 0.1) is 5.92 Å². The summed E-state index contributed by atoms with van der Waals surface area (Å²) in [5, 5.41) is 4.64. The SMILES string of the molecule is CC(C)[C@H]1CSC(=NCC2CN3CCCC3CO2)N1.